The standard InChI is InChI=1S/C30H28F2O2/c1-2-3-4-5-21-6-8-22(9-7-21)10-11-23-12-14-24(15-13-23)30(33)34-26-17-18-27-25(20-26)16-19-28(31)29(27)32/h2-3,12-22H,4-9H2,1H3/b3-2+. The third kappa shape index (κ3) is 5.91. The van der Waals surface area contributed by atoms with Crippen molar-refractivity contribution in [2.75, 3.05) is 0 Å². The highest BCUT2D eigenvalue weighted by Gasteiger charge is 2.19. The lowest BCUT2D eigenvalue weighted by Crippen LogP contribution is -2.13. The molecule has 3 aromatic carbocycles. The number of hydrogen-bond donors (Lipinski definition) is 0. The minimum atomic E-state index is -0.912. The van der Waals surface area contributed by atoms with Crippen LogP contribution in [0.3, 0.4) is 0 Å². The summed E-state index contributed by atoms with van der Waals surface area (Å²) in [6, 6.07) is 13.9. The van der Waals surface area contributed by atoms with Gasteiger partial charge in [-0.3, -0.25) is 0 Å². The monoisotopic (exact) mass is 458 g/mol. The number of hydrogen-bond acceptors (Lipinski definition) is 2. The minimum absolute atomic E-state index is 0.143. The highest BCUT2D eigenvalue weighted by Crippen LogP contribution is 2.31. The van der Waals surface area contributed by atoms with Gasteiger partial charge < -0.3 is 4.74 Å². The van der Waals surface area contributed by atoms with Gasteiger partial charge in [-0.1, -0.05) is 30.1 Å². The SMILES string of the molecule is C/C=C/CCC1CCC(C#Cc2ccc(C(=O)Oc3ccc4c(F)c(F)ccc4c3)cc2)CC1. The Morgan fingerprint density at radius 3 is 2.53 bits per heavy atom. The van der Waals surface area contributed by atoms with Gasteiger partial charge in [-0.15, -0.1) is 0 Å². The highest BCUT2D eigenvalue weighted by atomic mass is 19.2. The van der Waals surface area contributed by atoms with E-state index in [1.54, 1.807) is 12.1 Å². The Hall–Kier alpha value is -3.45. The number of allylic oxidation sites excluding steroid dienone is 2. The summed E-state index contributed by atoms with van der Waals surface area (Å²) in [4.78, 5) is 12.5. The summed E-state index contributed by atoms with van der Waals surface area (Å²) in [6.45, 7) is 2.07. The van der Waals surface area contributed by atoms with Crippen molar-refractivity contribution in [1.82, 2.24) is 0 Å². The van der Waals surface area contributed by atoms with E-state index < -0.39 is 17.6 Å². The summed E-state index contributed by atoms with van der Waals surface area (Å²) in [6.07, 6.45) is 11.6. The van der Waals surface area contributed by atoms with Crippen LogP contribution in [-0.2, 0) is 0 Å². The topological polar surface area (TPSA) is 26.3 Å². The maximum Gasteiger partial charge on any atom is 0.343 e. The van der Waals surface area contributed by atoms with Crippen LogP contribution in [0.4, 0.5) is 8.78 Å². The number of ether oxygens (including phenoxy) is 1. The van der Waals surface area contributed by atoms with Gasteiger partial charge in [-0.2, -0.15) is 0 Å². The minimum Gasteiger partial charge on any atom is -0.423 e. The molecule has 0 N–H and O–H groups in total. The number of benzene rings is 3. The Balaban J connectivity index is 1.33. The van der Waals surface area contributed by atoms with Crippen LogP contribution in [0.2, 0.25) is 0 Å². The van der Waals surface area contributed by atoms with Crippen LogP contribution in [0, 0.1) is 35.3 Å². The number of rotatable bonds is 5. The Kier molecular flexibility index (Phi) is 7.75. The van der Waals surface area contributed by atoms with Crippen molar-refractivity contribution in [2.45, 2.75) is 45.4 Å². The molecule has 2 nitrogen and oxygen atoms in total. The lowest BCUT2D eigenvalue weighted by Gasteiger charge is -2.25. The van der Waals surface area contributed by atoms with Crippen molar-refractivity contribution in [3.8, 4) is 17.6 Å². The van der Waals surface area contributed by atoms with Gasteiger partial charge in [0.15, 0.2) is 11.6 Å². The van der Waals surface area contributed by atoms with E-state index in [2.05, 4.69) is 30.9 Å². The predicted molar refractivity (Wildman–Crippen MR) is 132 cm³/mol. The largest absolute Gasteiger partial charge is 0.423 e. The van der Waals surface area contributed by atoms with Crippen LogP contribution in [0.15, 0.2) is 66.7 Å². The smallest absolute Gasteiger partial charge is 0.343 e. The summed E-state index contributed by atoms with van der Waals surface area (Å²) < 4.78 is 32.6. The zero-order valence-electron chi connectivity index (χ0n) is 19.3. The van der Waals surface area contributed by atoms with E-state index in [1.807, 2.05) is 12.1 Å². The van der Waals surface area contributed by atoms with Gasteiger partial charge in [0.25, 0.3) is 0 Å². The number of esters is 1. The van der Waals surface area contributed by atoms with Crippen molar-refractivity contribution >= 4 is 16.7 Å². The molecule has 0 bridgehead atoms. The molecule has 34 heavy (non-hydrogen) atoms. The second-order valence-corrected chi connectivity index (χ2v) is 8.84. The van der Waals surface area contributed by atoms with E-state index in [9.17, 15) is 13.6 Å². The fraction of sp³-hybridized carbons (Fsp3) is 0.300. The molecule has 1 aliphatic rings. The molecule has 0 saturated heterocycles. The molecule has 0 atom stereocenters. The van der Waals surface area contributed by atoms with Gasteiger partial charge >= 0.3 is 5.97 Å². The van der Waals surface area contributed by atoms with Gasteiger partial charge in [-0.25, -0.2) is 13.6 Å². The third-order valence-corrected chi connectivity index (χ3v) is 6.45. The summed E-state index contributed by atoms with van der Waals surface area (Å²) >= 11 is 0. The highest BCUT2D eigenvalue weighted by molar-refractivity contribution is 5.92. The predicted octanol–water partition coefficient (Wildman–Crippen LogP) is 7.85. The molecule has 0 amide bonds. The molecule has 0 aliphatic heterocycles. The fourth-order valence-electron chi connectivity index (χ4n) is 4.44. The molecule has 174 valence electrons. The van der Waals surface area contributed by atoms with Crippen LogP contribution in [0.25, 0.3) is 10.8 Å². The first-order chi connectivity index (χ1) is 16.5. The molecule has 4 heteroatoms. The average molecular weight is 459 g/mol. The van der Waals surface area contributed by atoms with Crippen LogP contribution in [0.1, 0.15) is 61.4 Å². The number of halogens is 2. The van der Waals surface area contributed by atoms with E-state index in [1.165, 1.54) is 49.9 Å². The van der Waals surface area contributed by atoms with Gasteiger partial charge in [0, 0.05) is 16.9 Å². The van der Waals surface area contributed by atoms with E-state index in [4.69, 9.17) is 4.74 Å². The molecule has 1 aliphatic carbocycles. The summed E-state index contributed by atoms with van der Waals surface area (Å²) in [5, 5.41) is 0.603. The van der Waals surface area contributed by atoms with Crippen LogP contribution < -0.4 is 4.74 Å². The number of carbonyl (C=O) groups excluding carboxylic acids is 1. The Bertz CT molecular complexity index is 1240. The van der Waals surface area contributed by atoms with Crippen LogP contribution in [0.5, 0.6) is 5.75 Å². The van der Waals surface area contributed by atoms with Crippen molar-refractivity contribution in [3.63, 3.8) is 0 Å². The van der Waals surface area contributed by atoms with Gasteiger partial charge in [0.05, 0.1) is 5.56 Å². The zero-order valence-corrected chi connectivity index (χ0v) is 19.3. The average Bonchev–Trinajstić information content (AvgIpc) is 2.86. The van der Waals surface area contributed by atoms with E-state index >= 15 is 0 Å². The molecule has 0 radical (unpaired) electrons. The quantitative estimate of drug-likeness (QED) is 0.168. The van der Waals surface area contributed by atoms with Crippen molar-refractivity contribution in [3.05, 3.63) is 89.5 Å². The maximum absolute atomic E-state index is 13.9. The summed E-state index contributed by atoms with van der Waals surface area (Å²) in [5.74, 6) is 5.84. The van der Waals surface area contributed by atoms with Crippen molar-refractivity contribution in [2.24, 2.45) is 11.8 Å². The van der Waals surface area contributed by atoms with Crippen molar-refractivity contribution < 1.29 is 18.3 Å². The van der Waals surface area contributed by atoms with Gasteiger partial charge in [-0.05, 0) is 105 Å². The second-order valence-electron chi connectivity index (χ2n) is 8.84. The molecule has 3 aromatic rings. The lowest BCUT2D eigenvalue weighted by molar-refractivity contribution is 0.0735. The molecule has 0 spiro atoms. The fourth-order valence-corrected chi connectivity index (χ4v) is 4.44. The summed E-state index contributed by atoms with van der Waals surface area (Å²) in [5.41, 5.74) is 1.27. The first-order valence-corrected chi connectivity index (χ1v) is 11.9. The second kappa shape index (κ2) is 11.1. The lowest BCUT2D eigenvalue weighted by atomic mass is 9.80. The molecule has 0 aromatic heterocycles. The molecule has 0 unspecified atom stereocenters. The Morgan fingerprint density at radius 1 is 1.03 bits per heavy atom. The Labute approximate surface area is 199 Å². The first kappa shape index (κ1) is 23.7. The van der Waals surface area contributed by atoms with Gasteiger partial charge in [0.2, 0.25) is 0 Å². The Morgan fingerprint density at radius 2 is 1.79 bits per heavy atom. The molecule has 1 fully saturated rings. The first-order valence-electron chi connectivity index (χ1n) is 11.9. The number of carbonyl (C=O) groups is 1. The number of fused-ring (bicyclic) bond motifs is 1. The zero-order chi connectivity index (χ0) is 23.9. The molecule has 0 heterocycles. The summed E-state index contributed by atoms with van der Waals surface area (Å²) in [7, 11) is 0. The molecular weight excluding hydrogens is 430 g/mol. The van der Waals surface area contributed by atoms with Gasteiger partial charge in [0.1, 0.15) is 5.75 Å². The maximum atomic E-state index is 13.9. The van der Waals surface area contributed by atoms with E-state index in [-0.39, 0.29) is 11.1 Å². The molecule has 1 saturated carbocycles. The van der Waals surface area contributed by atoms with E-state index in [0.717, 1.165) is 30.4 Å². The van der Waals surface area contributed by atoms with Crippen LogP contribution in [-0.4, -0.2) is 5.97 Å². The third-order valence-electron chi connectivity index (χ3n) is 6.45. The van der Waals surface area contributed by atoms with Crippen LogP contribution >= 0.6 is 0 Å². The van der Waals surface area contributed by atoms with E-state index in [0.29, 0.717) is 16.9 Å². The normalized spacial score (nSPS) is 18.0. The molecular formula is C30H28F2O2. The molecule has 4 rings (SSSR count). The van der Waals surface area contributed by atoms with Crippen molar-refractivity contribution in [1.29, 1.82) is 0 Å².